The molecule has 0 saturated heterocycles. The Morgan fingerprint density at radius 2 is 1.82 bits per heavy atom. The van der Waals surface area contributed by atoms with Crippen LogP contribution in [0.2, 0.25) is 0 Å². The van der Waals surface area contributed by atoms with Gasteiger partial charge >= 0.3 is 5.97 Å². The number of carbonyl (C=O) groups is 2. The zero-order chi connectivity index (χ0) is 20.3. The van der Waals surface area contributed by atoms with E-state index in [0.717, 1.165) is 10.9 Å². The van der Waals surface area contributed by atoms with E-state index in [1.54, 1.807) is 18.2 Å². The van der Waals surface area contributed by atoms with Gasteiger partial charge in [0.1, 0.15) is 5.69 Å². The number of aromatic amines is 1. The van der Waals surface area contributed by atoms with Crippen molar-refractivity contribution in [3.05, 3.63) is 81.0 Å². The van der Waals surface area contributed by atoms with E-state index >= 15 is 0 Å². The molecular weight excluding hydrogens is 360 g/mol. The number of nitro benzene ring substituents is 1. The SMILES string of the molecule is COC(=O)c1[nH]c2ccccc2c1C/C(=C\c1ccccc1[N+](=O)[O-])C(C)=O. The number of carbonyl (C=O) groups excluding carboxylic acids is 2. The molecule has 7 heteroatoms. The molecule has 0 aliphatic heterocycles. The number of methoxy groups -OCH3 is 1. The van der Waals surface area contributed by atoms with Gasteiger partial charge in [0.25, 0.3) is 5.69 Å². The third-order valence-electron chi connectivity index (χ3n) is 4.49. The number of nitrogens with one attached hydrogen (secondary N) is 1. The fourth-order valence-corrected chi connectivity index (χ4v) is 3.09. The number of rotatable bonds is 6. The Balaban J connectivity index is 2.14. The van der Waals surface area contributed by atoms with Gasteiger partial charge in [-0.15, -0.1) is 0 Å². The van der Waals surface area contributed by atoms with E-state index in [0.29, 0.717) is 16.7 Å². The number of hydrogen-bond acceptors (Lipinski definition) is 5. The molecular formula is C21H18N2O5. The molecule has 142 valence electrons. The van der Waals surface area contributed by atoms with E-state index in [2.05, 4.69) is 4.98 Å². The fourth-order valence-electron chi connectivity index (χ4n) is 3.09. The molecule has 0 aliphatic carbocycles. The van der Waals surface area contributed by atoms with Crippen LogP contribution in [-0.4, -0.2) is 28.8 Å². The van der Waals surface area contributed by atoms with Gasteiger partial charge in [-0.2, -0.15) is 0 Å². The van der Waals surface area contributed by atoms with Crippen LogP contribution in [0.4, 0.5) is 5.69 Å². The first-order valence-electron chi connectivity index (χ1n) is 8.55. The second-order valence-electron chi connectivity index (χ2n) is 6.23. The van der Waals surface area contributed by atoms with Crippen LogP contribution in [0.5, 0.6) is 0 Å². The first-order chi connectivity index (χ1) is 13.4. The van der Waals surface area contributed by atoms with E-state index < -0.39 is 10.9 Å². The summed E-state index contributed by atoms with van der Waals surface area (Å²) in [6, 6.07) is 13.5. The molecule has 1 N–H and O–H groups in total. The van der Waals surface area contributed by atoms with E-state index in [1.165, 1.54) is 26.2 Å². The summed E-state index contributed by atoms with van der Waals surface area (Å²) in [6.07, 6.45) is 1.64. The molecule has 0 atom stereocenters. The summed E-state index contributed by atoms with van der Waals surface area (Å²) in [7, 11) is 1.28. The third kappa shape index (κ3) is 3.68. The number of ketones is 1. The first kappa shape index (κ1) is 19.0. The van der Waals surface area contributed by atoms with Crippen molar-refractivity contribution in [3.63, 3.8) is 0 Å². The smallest absolute Gasteiger partial charge is 0.354 e. The summed E-state index contributed by atoms with van der Waals surface area (Å²) in [6.45, 7) is 1.40. The lowest BCUT2D eigenvalue weighted by atomic mass is 9.97. The largest absolute Gasteiger partial charge is 0.464 e. The predicted octanol–water partition coefficient (Wildman–Crippen LogP) is 4.08. The van der Waals surface area contributed by atoms with Gasteiger partial charge in [-0.05, 0) is 30.7 Å². The molecule has 2 aromatic carbocycles. The highest BCUT2D eigenvalue weighted by molar-refractivity contribution is 6.02. The molecule has 3 aromatic rings. The maximum absolute atomic E-state index is 12.3. The summed E-state index contributed by atoms with van der Waals surface area (Å²) in [4.78, 5) is 38.3. The molecule has 0 unspecified atom stereocenters. The average molecular weight is 378 g/mol. The number of H-pyrrole nitrogens is 1. The van der Waals surface area contributed by atoms with Gasteiger partial charge in [0.15, 0.2) is 5.78 Å². The second kappa shape index (κ2) is 7.87. The standard InChI is InChI=1S/C21H18N2O5/c1-13(24)15(11-14-7-3-6-10-19(14)23(26)27)12-17-16-8-4-5-9-18(16)22-20(17)21(25)28-2/h3-11,22H,12H2,1-2H3/b15-11+. The van der Waals surface area contributed by atoms with Gasteiger partial charge in [-0.25, -0.2) is 4.79 Å². The molecule has 28 heavy (non-hydrogen) atoms. The topological polar surface area (TPSA) is 102 Å². The maximum Gasteiger partial charge on any atom is 0.354 e. The van der Waals surface area contributed by atoms with Gasteiger partial charge in [0, 0.05) is 29.0 Å². The molecule has 0 spiro atoms. The number of fused-ring (bicyclic) bond motifs is 1. The number of nitrogens with zero attached hydrogens (tertiary/aromatic N) is 1. The minimum absolute atomic E-state index is 0.0895. The van der Waals surface area contributed by atoms with Crippen molar-refractivity contribution in [3.8, 4) is 0 Å². The number of nitro groups is 1. The number of allylic oxidation sites excluding steroid dienone is 1. The van der Waals surface area contributed by atoms with Crippen LogP contribution in [0, 0.1) is 10.1 Å². The molecule has 0 bridgehead atoms. The van der Waals surface area contributed by atoms with Gasteiger partial charge in [0.2, 0.25) is 0 Å². The van der Waals surface area contributed by atoms with Crippen molar-refractivity contribution >= 4 is 34.4 Å². The minimum Gasteiger partial charge on any atom is -0.464 e. The Labute approximate surface area is 160 Å². The number of para-hydroxylation sites is 2. The Kier molecular flexibility index (Phi) is 5.35. The number of esters is 1. The molecule has 0 radical (unpaired) electrons. The normalized spacial score (nSPS) is 11.4. The molecule has 0 aliphatic rings. The number of ether oxygens (including phenoxy) is 1. The van der Waals surface area contributed by atoms with Crippen molar-refractivity contribution in [2.75, 3.05) is 7.11 Å². The van der Waals surface area contributed by atoms with Crippen molar-refractivity contribution in [1.29, 1.82) is 0 Å². The highest BCUT2D eigenvalue weighted by Crippen LogP contribution is 2.28. The molecule has 7 nitrogen and oxygen atoms in total. The number of benzene rings is 2. The molecule has 1 heterocycles. The summed E-state index contributed by atoms with van der Waals surface area (Å²) < 4.78 is 4.85. The van der Waals surface area contributed by atoms with Gasteiger partial charge in [-0.3, -0.25) is 14.9 Å². The Hall–Kier alpha value is -3.74. The second-order valence-corrected chi connectivity index (χ2v) is 6.23. The van der Waals surface area contributed by atoms with Gasteiger partial charge in [0.05, 0.1) is 17.6 Å². The van der Waals surface area contributed by atoms with Gasteiger partial charge in [-0.1, -0.05) is 30.3 Å². The number of aromatic nitrogens is 1. The molecule has 0 fully saturated rings. The Morgan fingerprint density at radius 1 is 1.14 bits per heavy atom. The van der Waals surface area contributed by atoms with Crippen LogP contribution in [-0.2, 0) is 16.0 Å². The first-order valence-corrected chi connectivity index (χ1v) is 8.55. The van der Waals surface area contributed by atoms with Crippen LogP contribution >= 0.6 is 0 Å². The minimum atomic E-state index is -0.542. The number of hydrogen-bond donors (Lipinski definition) is 1. The lowest BCUT2D eigenvalue weighted by molar-refractivity contribution is -0.385. The van der Waals surface area contributed by atoms with E-state index in [9.17, 15) is 19.7 Å². The fraction of sp³-hybridized carbons (Fsp3) is 0.143. The predicted molar refractivity (Wildman–Crippen MR) is 105 cm³/mol. The summed E-state index contributed by atoms with van der Waals surface area (Å²) in [5, 5.41) is 12.1. The quantitative estimate of drug-likeness (QED) is 0.301. The molecule has 0 saturated carbocycles. The highest BCUT2D eigenvalue weighted by atomic mass is 16.6. The van der Waals surface area contributed by atoms with Crippen molar-refractivity contribution in [1.82, 2.24) is 4.98 Å². The lowest BCUT2D eigenvalue weighted by Crippen LogP contribution is -2.08. The van der Waals surface area contributed by atoms with Crippen LogP contribution in [0.25, 0.3) is 17.0 Å². The van der Waals surface area contributed by atoms with Crippen LogP contribution < -0.4 is 0 Å². The molecule has 0 amide bonds. The monoisotopic (exact) mass is 378 g/mol. The molecule has 1 aromatic heterocycles. The van der Waals surface area contributed by atoms with Crippen molar-refractivity contribution < 1.29 is 19.2 Å². The highest BCUT2D eigenvalue weighted by Gasteiger charge is 2.21. The third-order valence-corrected chi connectivity index (χ3v) is 4.49. The summed E-state index contributed by atoms with van der Waals surface area (Å²) >= 11 is 0. The summed E-state index contributed by atoms with van der Waals surface area (Å²) in [5.41, 5.74) is 2.21. The van der Waals surface area contributed by atoms with E-state index in [-0.39, 0.29) is 23.6 Å². The van der Waals surface area contributed by atoms with Crippen LogP contribution in [0.15, 0.2) is 54.1 Å². The zero-order valence-corrected chi connectivity index (χ0v) is 15.4. The Morgan fingerprint density at radius 3 is 2.50 bits per heavy atom. The van der Waals surface area contributed by atoms with E-state index in [4.69, 9.17) is 4.74 Å². The zero-order valence-electron chi connectivity index (χ0n) is 15.4. The average Bonchev–Trinajstić information content (AvgIpc) is 3.05. The van der Waals surface area contributed by atoms with Crippen molar-refractivity contribution in [2.45, 2.75) is 13.3 Å². The van der Waals surface area contributed by atoms with E-state index in [1.807, 2.05) is 24.3 Å². The molecule has 3 rings (SSSR count). The van der Waals surface area contributed by atoms with Crippen molar-refractivity contribution in [2.24, 2.45) is 0 Å². The summed E-state index contributed by atoms with van der Waals surface area (Å²) in [5.74, 6) is -0.779. The number of Topliss-reactive ketones (excluding diaryl/α,β-unsaturated/α-hetero) is 1. The Bertz CT molecular complexity index is 1110. The van der Waals surface area contributed by atoms with Crippen LogP contribution in [0.3, 0.4) is 0 Å². The maximum atomic E-state index is 12.3. The lowest BCUT2D eigenvalue weighted by Gasteiger charge is -2.07. The van der Waals surface area contributed by atoms with Gasteiger partial charge < -0.3 is 9.72 Å². The van der Waals surface area contributed by atoms with Crippen LogP contribution in [0.1, 0.15) is 28.5 Å².